The van der Waals surface area contributed by atoms with Crippen molar-refractivity contribution >= 4 is 10.9 Å². The molecule has 1 aromatic heterocycles. The second-order valence-corrected chi connectivity index (χ2v) is 4.89. The lowest BCUT2D eigenvalue weighted by Gasteiger charge is -2.24. The molecule has 0 amide bonds. The molecular weight excluding hydrogens is 208 g/mol. The summed E-state index contributed by atoms with van der Waals surface area (Å²) in [5.74, 6) is 0.699. The first-order chi connectivity index (χ1) is 8.34. The van der Waals surface area contributed by atoms with Gasteiger partial charge in [-0.05, 0) is 56.5 Å². The second-order valence-electron chi connectivity index (χ2n) is 4.89. The van der Waals surface area contributed by atoms with Crippen LogP contribution in [0.3, 0.4) is 0 Å². The zero-order valence-corrected chi connectivity index (χ0v) is 10.2. The number of nitrogens with one attached hydrogen (secondary N) is 1. The lowest BCUT2D eigenvalue weighted by Crippen LogP contribution is -2.26. The molecule has 0 aliphatic carbocycles. The van der Waals surface area contributed by atoms with Gasteiger partial charge in [0.05, 0.1) is 5.52 Å². The molecule has 0 unspecified atom stereocenters. The molecular formula is C15H18N2. The number of piperidine rings is 1. The van der Waals surface area contributed by atoms with Gasteiger partial charge in [0.15, 0.2) is 0 Å². The molecule has 2 nitrogen and oxygen atoms in total. The lowest BCUT2D eigenvalue weighted by atomic mass is 9.88. The van der Waals surface area contributed by atoms with E-state index in [0.29, 0.717) is 5.92 Å². The minimum atomic E-state index is 0.699. The summed E-state index contributed by atoms with van der Waals surface area (Å²) in [6.07, 6.45) is 2.49. The number of hydrogen-bond acceptors (Lipinski definition) is 2. The van der Waals surface area contributed by atoms with Crippen molar-refractivity contribution in [3.63, 3.8) is 0 Å². The van der Waals surface area contributed by atoms with Crippen molar-refractivity contribution in [1.82, 2.24) is 10.3 Å². The maximum Gasteiger partial charge on any atom is 0.0708 e. The largest absolute Gasteiger partial charge is 0.317 e. The Balaban J connectivity index is 2.09. The van der Waals surface area contributed by atoms with E-state index in [2.05, 4.69) is 47.6 Å². The molecule has 2 heterocycles. The maximum atomic E-state index is 4.62. The highest BCUT2D eigenvalue weighted by atomic mass is 14.9. The summed E-state index contributed by atoms with van der Waals surface area (Å²) >= 11 is 0. The van der Waals surface area contributed by atoms with Gasteiger partial charge in [-0.3, -0.25) is 4.98 Å². The molecule has 1 aromatic carbocycles. The maximum absolute atomic E-state index is 4.62. The van der Waals surface area contributed by atoms with Gasteiger partial charge in [0.25, 0.3) is 0 Å². The van der Waals surface area contributed by atoms with Crippen LogP contribution < -0.4 is 5.32 Å². The van der Waals surface area contributed by atoms with Crippen LogP contribution in [0, 0.1) is 6.92 Å². The molecule has 1 saturated heterocycles. The van der Waals surface area contributed by atoms with E-state index in [4.69, 9.17) is 0 Å². The SMILES string of the molecule is Cc1ccc2c(C3CCNCC3)cccc2n1. The number of rotatable bonds is 1. The van der Waals surface area contributed by atoms with Gasteiger partial charge in [0.2, 0.25) is 0 Å². The molecule has 0 radical (unpaired) electrons. The number of hydrogen-bond donors (Lipinski definition) is 1. The minimum Gasteiger partial charge on any atom is -0.317 e. The highest BCUT2D eigenvalue weighted by Gasteiger charge is 2.17. The molecule has 0 spiro atoms. The highest BCUT2D eigenvalue weighted by Crippen LogP contribution is 2.30. The molecule has 17 heavy (non-hydrogen) atoms. The summed E-state index contributed by atoms with van der Waals surface area (Å²) < 4.78 is 0. The monoisotopic (exact) mass is 226 g/mol. The number of benzene rings is 1. The van der Waals surface area contributed by atoms with Crippen molar-refractivity contribution in [1.29, 1.82) is 0 Å². The van der Waals surface area contributed by atoms with Crippen molar-refractivity contribution in [2.24, 2.45) is 0 Å². The molecule has 1 N–H and O–H groups in total. The minimum absolute atomic E-state index is 0.699. The Hall–Kier alpha value is -1.41. The topological polar surface area (TPSA) is 24.9 Å². The molecule has 0 atom stereocenters. The van der Waals surface area contributed by atoms with Gasteiger partial charge in [-0.1, -0.05) is 18.2 Å². The van der Waals surface area contributed by atoms with E-state index in [0.717, 1.165) is 24.3 Å². The number of pyridine rings is 1. The van der Waals surface area contributed by atoms with Gasteiger partial charge in [-0.25, -0.2) is 0 Å². The lowest BCUT2D eigenvalue weighted by molar-refractivity contribution is 0.462. The summed E-state index contributed by atoms with van der Waals surface area (Å²) in [6, 6.07) is 10.9. The molecule has 88 valence electrons. The first kappa shape index (κ1) is 10.7. The van der Waals surface area contributed by atoms with Crippen LogP contribution in [0.2, 0.25) is 0 Å². The summed E-state index contributed by atoms with van der Waals surface area (Å²) in [4.78, 5) is 4.62. The Morgan fingerprint density at radius 2 is 1.94 bits per heavy atom. The third-order valence-electron chi connectivity index (χ3n) is 3.68. The van der Waals surface area contributed by atoms with Gasteiger partial charge in [0, 0.05) is 11.1 Å². The van der Waals surface area contributed by atoms with E-state index in [9.17, 15) is 0 Å². The van der Waals surface area contributed by atoms with Crippen LogP contribution in [-0.4, -0.2) is 18.1 Å². The van der Waals surface area contributed by atoms with Crippen LogP contribution in [-0.2, 0) is 0 Å². The molecule has 1 fully saturated rings. The van der Waals surface area contributed by atoms with E-state index in [1.807, 2.05) is 0 Å². The Kier molecular flexibility index (Phi) is 2.81. The van der Waals surface area contributed by atoms with Crippen molar-refractivity contribution in [2.45, 2.75) is 25.7 Å². The van der Waals surface area contributed by atoms with Crippen LogP contribution in [0.4, 0.5) is 0 Å². The van der Waals surface area contributed by atoms with Crippen LogP contribution >= 0.6 is 0 Å². The van der Waals surface area contributed by atoms with Crippen molar-refractivity contribution in [3.05, 3.63) is 41.6 Å². The van der Waals surface area contributed by atoms with Gasteiger partial charge < -0.3 is 5.32 Å². The quantitative estimate of drug-likeness (QED) is 0.808. The predicted octanol–water partition coefficient (Wildman–Crippen LogP) is 3.01. The molecule has 1 aliphatic rings. The number of aryl methyl sites for hydroxylation is 1. The fourth-order valence-electron chi connectivity index (χ4n) is 2.77. The average Bonchev–Trinajstić information content (AvgIpc) is 2.39. The van der Waals surface area contributed by atoms with Gasteiger partial charge in [0.1, 0.15) is 0 Å². The smallest absolute Gasteiger partial charge is 0.0708 e. The van der Waals surface area contributed by atoms with E-state index in [1.165, 1.54) is 23.8 Å². The van der Waals surface area contributed by atoms with E-state index >= 15 is 0 Å². The Labute approximate surface area is 102 Å². The molecule has 0 saturated carbocycles. The van der Waals surface area contributed by atoms with Crippen molar-refractivity contribution in [2.75, 3.05) is 13.1 Å². The standard InChI is InChI=1S/C15H18N2/c1-11-5-6-14-13(3-2-4-15(14)17-11)12-7-9-16-10-8-12/h2-6,12,16H,7-10H2,1H3. The Morgan fingerprint density at radius 1 is 1.12 bits per heavy atom. The van der Waals surface area contributed by atoms with E-state index in [1.54, 1.807) is 0 Å². The zero-order valence-electron chi connectivity index (χ0n) is 10.2. The molecule has 2 heteroatoms. The number of aromatic nitrogens is 1. The zero-order chi connectivity index (χ0) is 11.7. The fraction of sp³-hybridized carbons (Fsp3) is 0.400. The molecule has 2 aromatic rings. The molecule has 3 rings (SSSR count). The van der Waals surface area contributed by atoms with Crippen LogP contribution in [0.5, 0.6) is 0 Å². The summed E-state index contributed by atoms with van der Waals surface area (Å²) in [5.41, 5.74) is 3.72. The third kappa shape index (κ3) is 2.05. The van der Waals surface area contributed by atoms with Gasteiger partial charge in [-0.2, -0.15) is 0 Å². The third-order valence-corrected chi connectivity index (χ3v) is 3.68. The first-order valence-electron chi connectivity index (χ1n) is 6.41. The fourth-order valence-corrected chi connectivity index (χ4v) is 2.77. The predicted molar refractivity (Wildman–Crippen MR) is 71.3 cm³/mol. The average molecular weight is 226 g/mol. The van der Waals surface area contributed by atoms with E-state index < -0.39 is 0 Å². The van der Waals surface area contributed by atoms with Gasteiger partial charge in [-0.15, -0.1) is 0 Å². The van der Waals surface area contributed by atoms with Crippen LogP contribution in [0.1, 0.15) is 30.0 Å². The van der Waals surface area contributed by atoms with Gasteiger partial charge >= 0.3 is 0 Å². The summed E-state index contributed by atoms with van der Waals surface area (Å²) in [5, 5.41) is 4.76. The molecule has 0 bridgehead atoms. The molecule has 1 aliphatic heterocycles. The highest BCUT2D eigenvalue weighted by molar-refractivity contribution is 5.82. The number of nitrogens with zero attached hydrogens (tertiary/aromatic N) is 1. The summed E-state index contributed by atoms with van der Waals surface area (Å²) in [7, 11) is 0. The Bertz CT molecular complexity index is 527. The normalized spacial score (nSPS) is 17.5. The number of fused-ring (bicyclic) bond motifs is 1. The van der Waals surface area contributed by atoms with Crippen molar-refractivity contribution in [3.8, 4) is 0 Å². The van der Waals surface area contributed by atoms with Crippen LogP contribution in [0.25, 0.3) is 10.9 Å². The first-order valence-corrected chi connectivity index (χ1v) is 6.41. The van der Waals surface area contributed by atoms with E-state index in [-0.39, 0.29) is 0 Å². The van der Waals surface area contributed by atoms with Crippen molar-refractivity contribution < 1.29 is 0 Å². The van der Waals surface area contributed by atoms with Crippen LogP contribution in [0.15, 0.2) is 30.3 Å². The Morgan fingerprint density at radius 3 is 2.76 bits per heavy atom. The summed E-state index contributed by atoms with van der Waals surface area (Å²) in [6.45, 7) is 4.33. The second kappa shape index (κ2) is 4.46.